The number of anilines is 3. The van der Waals surface area contributed by atoms with Gasteiger partial charge in [0.05, 0.1) is 5.56 Å². The van der Waals surface area contributed by atoms with Crippen LogP contribution in [0.1, 0.15) is 16.1 Å². The summed E-state index contributed by atoms with van der Waals surface area (Å²) in [5.41, 5.74) is 12.4. The van der Waals surface area contributed by atoms with Crippen LogP contribution < -0.4 is 16.8 Å². The quantitative estimate of drug-likeness (QED) is 0.678. The molecule has 5 N–H and O–H groups in total. The number of carbonyl (C=O) groups excluding carboxylic acids is 1. The highest BCUT2D eigenvalue weighted by Gasteiger charge is 2.11. The van der Waals surface area contributed by atoms with Gasteiger partial charge in [-0.1, -0.05) is 5.16 Å². The fraction of sp³-hybridized carbons (Fsp3) is 0.0909. The summed E-state index contributed by atoms with van der Waals surface area (Å²) in [5.74, 6) is 0.616. The van der Waals surface area contributed by atoms with Gasteiger partial charge in [0, 0.05) is 17.4 Å². The van der Waals surface area contributed by atoms with E-state index in [0.717, 1.165) is 0 Å². The van der Waals surface area contributed by atoms with Gasteiger partial charge in [0.2, 0.25) is 0 Å². The van der Waals surface area contributed by atoms with E-state index in [4.69, 9.17) is 16.0 Å². The first-order chi connectivity index (χ1) is 8.06. The molecule has 2 rings (SSSR count). The number of nitrogens with two attached hydrogens (primary N) is 2. The number of rotatable bonds is 2. The molecule has 0 radical (unpaired) electrons. The van der Waals surface area contributed by atoms with Gasteiger partial charge < -0.3 is 21.3 Å². The normalized spacial score (nSPS) is 10.2. The van der Waals surface area contributed by atoms with Gasteiger partial charge in [0.1, 0.15) is 5.76 Å². The SMILES string of the molecule is Cc1cc(NC(=O)c2ccc(N)cc2N)no1. The van der Waals surface area contributed by atoms with Crippen LogP contribution in [0, 0.1) is 6.92 Å². The Labute approximate surface area is 97.6 Å². The third-order valence-corrected chi connectivity index (χ3v) is 2.19. The largest absolute Gasteiger partial charge is 0.399 e. The van der Waals surface area contributed by atoms with Crippen molar-refractivity contribution in [1.82, 2.24) is 5.16 Å². The Kier molecular flexibility index (Phi) is 2.70. The molecule has 2 aromatic rings. The van der Waals surface area contributed by atoms with Gasteiger partial charge in [0.15, 0.2) is 5.82 Å². The average Bonchev–Trinajstić information content (AvgIpc) is 2.63. The lowest BCUT2D eigenvalue weighted by molar-refractivity contribution is 0.102. The Morgan fingerprint density at radius 3 is 2.71 bits per heavy atom. The van der Waals surface area contributed by atoms with Crippen LogP contribution in [0.15, 0.2) is 28.8 Å². The molecule has 0 aliphatic heterocycles. The van der Waals surface area contributed by atoms with Crippen molar-refractivity contribution < 1.29 is 9.32 Å². The van der Waals surface area contributed by atoms with Crippen molar-refractivity contribution >= 4 is 23.1 Å². The summed E-state index contributed by atoms with van der Waals surface area (Å²) >= 11 is 0. The van der Waals surface area contributed by atoms with Crippen LogP contribution in [0.4, 0.5) is 17.2 Å². The minimum atomic E-state index is -0.351. The molecular weight excluding hydrogens is 220 g/mol. The lowest BCUT2D eigenvalue weighted by Gasteiger charge is -2.05. The summed E-state index contributed by atoms with van der Waals surface area (Å²) in [6.07, 6.45) is 0. The van der Waals surface area contributed by atoms with Crippen LogP contribution >= 0.6 is 0 Å². The molecule has 0 fully saturated rings. The molecule has 0 atom stereocenters. The van der Waals surface area contributed by atoms with Gasteiger partial charge >= 0.3 is 0 Å². The van der Waals surface area contributed by atoms with E-state index >= 15 is 0 Å². The number of nitrogens with zero attached hydrogens (tertiary/aromatic N) is 1. The highest BCUT2D eigenvalue weighted by Crippen LogP contribution is 2.17. The summed E-state index contributed by atoms with van der Waals surface area (Å²) < 4.78 is 4.83. The third-order valence-electron chi connectivity index (χ3n) is 2.19. The van der Waals surface area contributed by atoms with E-state index in [9.17, 15) is 4.79 Å². The van der Waals surface area contributed by atoms with Crippen LogP contribution in [0.5, 0.6) is 0 Å². The number of benzene rings is 1. The van der Waals surface area contributed by atoms with Crippen molar-refractivity contribution in [2.24, 2.45) is 0 Å². The van der Waals surface area contributed by atoms with Crippen molar-refractivity contribution in [1.29, 1.82) is 0 Å². The number of amides is 1. The van der Waals surface area contributed by atoms with E-state index in [0.29, 0.717) is 28.5 Å². The average molecular weight is 232 g/mol. The molecule has 17 heavy (non-hydrogen) atoms. The van der Waals surface area contributed by atoms with E-state index in [1.54, 1.807) is 25.1 Å². The first-order valence-corrected chi connectivity index (χ1v) is 4.96. The lowest BCUT2D eigenvalue weighted by atomic mass is 10.1. The standard InChI is InChI=1S/C11H12N4O2/c1-6-4-10(15-17-6)14-11(16)8-3-2-7(12)5-9(8)13/h2-5H,12-13H2,1H3,(H,14,15,16). The molecule has 6 nitrogen and oxygen atoms in total. The van der Waals surface area contributed by atoms with Crippen LogP contribution in [-0.4, -0.2) is 11.1 Å². The zero-order valence-electron chi connectivity index (χ0n) is 9.23. The van der Waals surface area contributed by atoms with E-state index in [-0.39, 0.29) is 5.91 Å². The molecule has 1 heterocycles. The molecule has 0 bridgehead atoms. The second-order valence-electron chi connectivity index (χ2n) is 3.62. The molecule has 0 saturated heterocycles. The molecular formula is C11H12N4O2. The van der Waals surface area contributed by atoms with Crippen molar-refractivity contribution in [3.05, 3.63) is 35.6 Å². The summed E-state index contributed by atoms with van der Waals surface area (Å²) in [6, 6.07) is 6.32. The van der Waals surface area contributed by atoms with Gasteiger partial charge in [0.25, 0.3) is 5.91 Å². The third kappa shape index (κ3) is 2.36. The van der Waals surface area contributed by atoms with Crippen molar-refractivity contribution in [3.63, 3.8) is 0 Å². The summed E-state index contributed by atoms with van der Waals surface area (Å²) in [7, 11) is 0. The highest BCUT2D eigenvalue weighted by molar-refractivity contribution is 6.07. The predicted octanol–water partition coefficient (Wildman–Crippen LogP) is 1.40. The monoisotopic (exact) mass is 232 g/mol. The number of hydrogen-bond donors (Lipinski definition) is 3. The maximum atomic E-state index is 11.8. The van der Waals surface area contributed by atoms with Gasteiger partial charge in [-0.15, -0.1) is 0 Å². The fourth-order valence-electron chi connectivity index (χ4n) is 1.40. The molecule has 6 heteroatoms. The van der Waals surface area contributed by atoms with Crippen molar-refractivity contribution in [2.45, 2.75) is 6.92 Å². The summed E-state index contributed by atoms with van der Waals surface area (Å²) in [6.45, 7) is 1.74. The zero-order valence-corrected chi connectivity index (χ0v) is 9.23. The smallest absolute Gasteiger partial charge is 0.258 e. The molecule has 0 aliphatic rings. The highest BCUT2D eigenvalue weighted by atomic mass is 16.5. The van der Waals surface area contributed by atoms with E-state index in [1.165, 1.54) is 6.07 Å². The van der Waals surface area contributed by atoms with Gasteiger partial charge in [-0.2, -0.15) is 0 Å². The van der Waals surface area contributed by atoms with E-state index < -0.39 is 0 Å². The topological polar surface area (TPSA) is 107 Å². The van der Waals surface area contributed by atoms with Crippen LogP contribution in [0.2, 0.25) is 0 Å². The Morgan fingerprint density at radius 1 is 1.35 bits per heavy atom. The van der Waals surface area contributed by atoms with Crippen LogP contribution in [-0.2, 0) is 0 Å². The Morgan fingerprint density at radius 2 is 2.12 bits per heavy atom. The van der Waals surface area contributed by atoms with Gasteiger partial charge in [-0.25, -0.2) is 0 Å². The summed E-state index contributed by atoms with van der Waals surface area (Å²) in [5, 5.41) is 6.23. The van der Waals surface area contributed by atoms with Gasteiger partial charge in [-0.05, 0) is 25.1 Å². The molecule has 0 spiro atoms. The summed E-state index contributed by atoms with van der Waals surface area (Å²) in [4.78, 5) is 11.8. The number of nitrogen functional groups attached to an aromatic ring is 2. The number of carbonyl (C=O) groups is 1. The minimum Gasteiger partial charge on any atom is -0.399 e. The molecule has 0 unspecified atom stereocenters. The number of hydrogen-bond acceptors (Lipinski definition) is 5. The molecule has 1 aromatic heterocycles. The van der Waals surface area contributed by atoms with Crippen molar-refractivity contribution in [2.75, 3.05) is 16.8 Å². The number of aromatic nitrogens is 1. The maximum Gasteiger partial charge on any atom is 0.258 e. The molecule has 0 saturated carbocycles. The second kappa shape index (κ2) is 4.17. The molecule has 1 aromatic carbocycles. The number of nitrogens with one attached hydrogen (secondary N) is 1. The Hall–Kier alpha value is -2.50. The fourth-order valence-corrected chi connectivity index (χ4v) is 1.40. The van der Waals surface area contributed by atoms with Gasteiger partial charge in [-0.3, -0.25) is 4.79 Å². The first kappa shape index (κ1) is 11.0. The Bertz CT molecular complexity index is 562. The van der Waals surface area contributed by atoms with Crippen LogP contribution in [0.3, 0.4) is 0 Å². The van der Waals surface area contributed by atoms with E-state index in [1.807, 2.05) is 0 Å². The van der Waals surface area contributed by atoms with Crippen LogP contribution in [0.25, 0.3) is 0 Å². The van der Waals surface area contributed by atoms with E-state index in [2.05, 4.69) is 10.5 Å². The molecule has 1 amide bonds. The Balaban J connectivity index is 2.20. The number of aryl methyl sites for hydroxylation is 1. The molecule has 88 valence electrons. The maximum absolute atomic E-state index is 11.8. The minimum absolute atomic E-state index is 0.322. The molecule has 0 aliphatic carbocycles. The first-order valence-electron chi connectivity index (χ1n) is 4.96. The zero-order chi connectivity index (χ0) is 12.4. The second-order valence-corrected chi connectivity index (χ2v) is 3.62. The predicted molar refractivity (Wildman–Crippen MR) is 64.5 cm³/mol. The van der Waals surface area contributed by atoms with Crippen molar-refractivity contribution in [3.8, 4) is 0 Å². The lowest BCUT2D eigenvalue weighted by Crippen LogP contribution is -2.14.